The van der Waals surface area contributed by atoms with Gasteiger partial charge in [0, 0.05) is 12.0 Å². The summed E-state index contributed by atoms with van der Waals surface area (Å²) in [4.78, 5) is 27.0. The molecule has 146 valence electrons. The molecule has 3 aromatic carbocycles. The van der Waals surface area contributed by atoms with Gasteiger partial charge >= 0.3 is 6.03 Å². The fraction of sp³-hybridized carbons (Fsp3) is 0.217. The second-order valence-corrected chi connectivity index (χ2v) is 7.24. The average Bonchev–Trinajstić information content (AvgIpc) is 2.98. The van der Waals surface area contributed by atoms with Crippen molar-refractivity contribution in [3.05, 3.63) is 72.3 Å². The molecule has 0 aliphatic carbocycles. The van der Waals surface area contributed by atoms with Crippen molar-refractivity contribution < 1.29 is 19.1 Å². The van der Waals surface area contributed by atoms with Crippen molar-refractivity contribution in [1.29, 1.82) is 0 Å². The van der Waals surface area contributed by atoms with Gasteiger partial charge in [-0.05, 0) is 29.0 Å². The maximum absolute atomic E-state index is 13.2. The van der Waals surface area contributed by atoms with Gasteiger partial charge in [0.05, 0.1) is 13.2 Å². The summed E-state index contributed by atoms with van der Waals surface area (Å²) >= 11 is 0. The van der Waals surface area contributed by atoms with Gasteiger partial charge in [0.1, 0.15) is 18.1 Å². The Balaban J connectivity index is 1.31. The van der Waals surface area contributed by atoms with Crippen LogP contribution < -0.4 is 14.8 Å². The minimum atomic E-state index is -1.05. The third-order valence-corrected chi connectivity index (χ3v) is 5.56. The molecule has 1 saturated heterocycles. The second kappa shape index (κ2) is 6.81. The van der Waals surface area contributed by atoms with Gasteiger partial charge in [-0.2, -0.15) is 0 Å². The monoisotopic (exact) mass is 388 g/mol. The maximum atomic E-state index is 13.2. The Labute approximate surface area is 168 Å². The molecule has 1 fully saturated rings. The molecule has 1 N–H and O–H groups in total. The van der Waals surface area contributed by atoms with E-state index in [1.165, 1.54) is 4.90 Å². The summed E-state index contributed by atoms with van der Waals surface area (Å²) in [5.41, 5.74) is -0.336. The van der Waals surface area contributed by atoms with E-state index in [9.17, 15) is 9.59 Å². The number of carbonyl (C=O) groups is 2. The van der Waals surface area contributed by atoms with Crippen molar-refractivity contribution in [3.63, 3.8) is 0 Å². The number of carbonyl (C=O) groups excluding carboxylic acids is 2. The van der Waals surface area contributed by atoms with Crippen LogP contribution in [0, 0.1) is 0 Å². The zero-order valence-corrected chi connectivity index (χ0v) is 15.8. The van der Waals surface area contributed by atoms with Crippen LogP contribution in [0.4, 0.5) is 4.79 Å². The number of imide groups is 1. The Hall–Kier alpha value is -3.54. The molecule has 3 amide bonds. The first kappa shape index (κ1) is 17.6. The summed E-state index contributed by atoms with van der Waals surface area (Å²) in [6, 6.07) is 20.8. The zero-order valence-electron chi connectivity index (χ0n) is 15.8. The lowest BCUT2D eigenvalue weighted by Gasteiger charge is -2.33. The highest BCUT2D eigenvalue weighted by atomic mass is 16.5. The Morgan fingerprint density at radius 1 is 1.00 bits per heavy atom. The molecule has 5 rings (SSSR count). The molecular weight excluding hydrogens is 368 g/mol. The molecule has 2 aliphatic rings. The smallest absolute Gasteiger partial charge is 0.325 e. The minimum Gasteiger partial charge on any atom is -0.493 e. The van der Waals surface area contributed by atoms with Crippen molar-refractivity contribution in [2.75, 3.05) is 19.8 Å². The molecule has 2 heterocycles. The van der Waals surface area contributed by atoms with Crippen LogP contribution in [0.1, 0.15) is 12.0 Å². The number of nitrogens with one attached hydrogen (secondary N) is 1. The van der Waals surface area contributed by atoms with E-state index >= 15 is 0 Å². The predicted octanol–water partition coefficient (Wildman–Crippen LogP) is 3.45. The number of ether oxygens (including phenoxy) is 2. The van der Waals surface area contributed by atoms with Crippen LogP contribution in [0.2, 0.25) is 0 Å². The van der Waals surface area contributed by atoms with E-state index in [-0.39, 0.29) is 19.1 Å². The standard InChI is InChI=1S/C23H20N2O4/c26-21-23(11-13-29-20-8-4-3-7-19(20)23)24-22(27)25(21)12-14-28-18-10-9-16-5-1-2-6-17(16)15-18/h1-10,15H,11-14H2,(H,24,27). The molecule has 6 heteroatoms. The topological polar surface area (TPSA) is 67.9 Å². The van der Waals surface area contributed by atoms with Gasteiger partial charge in [-0.1, -0.05) is 48.5 Å². The predicted molar refractivity (Wildman–Crippen MR) is 108 cm³/mol. The van der Waals surface area contributed by atoms with E-state index in [4.69, 9.17) is 9.47 Å². The highest BCUT2D eigenvalue weighted by molar-refractivity contribution is 6.08. The molecule has 1 atom stereocenters. The van der Waals surface area contributed by atoms with E-state index < -0.39 is 11.6 Å². The summed E-state index contributed by atoms with van der Waals surface area (Å²) in [5.74, 6) is 1.10. The molecule has 6 nitrogen and oxygen atoms in total. The molecule has 0 aromatic heterocycles. The zero-order chi connectivity index (χ0) is 19.8. The van der Waals surface area contributed by atoms with E-state index in [1.54, 1.807) is 0 Å². The van der Waals surface area contributed by atoms with Gasteiger partial charge in [0.2, 0.25) is 0 Å². The summed E-state index contributed by atoms with van der Waals surface area (Å²) < 4.78 is 11.5. The maximum Gasteiger partial charge on any atom is 0.325 e. The molecule has 0 saturated carbocycles. The number of fused-ring (bicyclic) bond motifs is 3. The summed E-state index contributed by atoms with van der Waals surface area (Å²) in [7, 11) is 0. The molecule has 3 aromatic rings. The van der Waals surface area contributed by atoms with E-state index in [0.717, 1.165) is 10.8 Å². The normalized spacial score (nSPS) is 20.5. The van der Waals surface area contributed by atoms with Crippen LogP contribution in [0.25, 0.3) is 10.8 Å². The molecule has 29 heavy (non-hydrogen) atoms. The van der Waals surface area contributed by atoms with Gasteiger partial charge in [-0.25, -0.2) is 4.79 Å². The first-order valence-corrected chi connectivity index (χ1v) is 9.65. The lowest BCUT2D eigenvalue weighted by atomic mass is 9.84. The largest absolute Gasteiger partial charge is 0.493 e. The molecule has 2 aliphatic heterocycles. The van der Waals surface area contributed by atoms with Crippen LogP contribution in [0.3, 0.4) is 0 Å². The second-order valence-electron chi connectivity index (χ2n) is 7.24. The summed E-state index contributed by atoms with van der Waals surface area (Å²) in [6.45, 7) is 0.790. The van der Waals surface area contributed by atoms with E-state index in [0.29, 0.717) is 30.1 Å². The quantitative estimate of drug-likeness (QED) is 0.695. The highest BCUT2D eigenvalue weighted by Gasteiger charge is 2.54. The Morgan fingerprint density at radius 2 is 1.79 bits per heavy atom. The number of hydrogen-bond acceptors (Lipinski definition) is 4. The SMILES string of the molecule is O=C1NC2(CCOc3ccccc32)C(=O)N1CCOc1ccc2ccccc2c1. The third-order valence-electron chi connectivity index (χ3n) is 5.56. The number of hydrogen-bond donors (Lipinski definition) is 1. The van der Waals surface area contributed by atoms with Gasteiger partial charge in [0.25, 0.3) is 5.91 Å². The van der Waals surface area contributed by atoms with Crippen LogP contribution in [-0.4, -0.2) is 36.6 Å². The van der Waals surface area contributed by atoms with Crippen molar-refractivity contribution in [2.45, 2.75) is 12.0 Å². The van der Waals surface area contributed by atoms with Gasteiger partial charge in [0.15, 0.2) is 5.54 Å². The number of para-hydroxylation sites is 1. The number of nitrogens with zero attached hydrogens (tertiary/aromatic N) is 1. The van der Waals surface area contributed by atoms with Crippen LogP contribution >= 0.6 is 0 Å². The average molecular weight is 388 g/mol. The van der Waals surface area contributed by atoms with Crippen molar-refractivity contribution in [2.24, 2.45) is 0 Å². The fourth-order valence-corrected chi connectivity index (χ4v) is 4.09. The molecular formula is C23H20N2O4. The lowest BCUT2D eigenvalue weighted by Crippen LogP contribution is -2.47. The van der Waals surface area contributed by atoms with E-state index in [2.05, 4.69) is 5.32 Å². The van der Waals surface area contributed by atoms with Crippen molar-refractivity contribution >= 4 is 22.7 Å². The number of amides is 3. The number of urea groups is 1. The molecule has 0 bridgehead atoms. The first-order valence-electron chi connectivity index (χ1n) is 9.65. The highest BCUT2D eigenvalue weighted by Crippen LogP contribution is 2.40. The first-order chi connectivity index (χ1) is 14.2. The lowest BCUT2D eigenvalue weighted by molar-refractivity contribution is -0.132. The fourth-order valence-electron chi connectivity index (χ4n) is 4.09. The number of benzene rings is 3. The van der Waals surface area contributed by atoms with Gasteiger partial charge in [-0.3, -0.25) is 9.69 Å². The van der Waals surface area contributed by atoms with Crippen LogP contribution in [0.15, 0.2) is 66.7 Å². The Kier molecular flexibility index (Phi) is 4.12. The van der Waals surface area contributed by atoms with Gasteiger partial charge < -0.3 is 14.8 Å². The molecule has 0 radical (unpaired) electrons. The Morgan fingerprint density at radius 3 is 2.69 bits per heavy atom. The van der Waals surface area contributed by atoms with Crippen LogP contribution in [-0.2, 0) is 10.3 Å². The Bertz CT molecular complexity index is 1110. The molecule has 1 spiro atoms. The van der Waals surface area contributed by atoms with Crippen molar-refractivity contribution in [3.8, 4) is 11.5 Å². The van der Waals surface area contributed by atoms with Gasteiger partial charge in [-0.15, -0.1) is 0 Å². The summed E-state index contributed by atoms with van der Waals surface area (Å²) in [6.07, 6.45) is 0.413. The van der Waals surface area contributed by atoms with Crippen molar-refractivity contribution in [1.82, 2.24) is 10.2 Å². The number of rotatable bonds is 4. The molecule has 1 unspecified atom stereocenters. The summed E-state index contributed by atoms with van der Waals surface area (Å²) in [5, 5.41) is 5.11. The minimum absolute atomic E-state index is 0.183. The van der Waals surface area contributed by atoms with E-state index in [1.807, 2.05) is 66.7 Å². The third kappa shape index (κ3) is 2.88. The van der Waals surface area contributed by atoms with Crippen LogP contribution in [0.5, 0.6) is 11.5 Å².